The van der Waals surface area contributed by atoms with Gasteiger partial charge >= 0.3 is 0 Å². The van der Waals surface area contributed by atoms with Gasteiger partial charge in [0.25, 0.3) is 5.91 Å². The quantitative estimate of drug-likeness (QED) is 0.535. The highest BCUT2D eigenvalue weighted by Gasteiger charge is 2.32. The summed E-state index contributed by atoms with van der Waals surface area (Å²) in [5.74, 6) is 1.70. The number of hydrogen-bond donors (Lipinski definition) is 0. The van der Waals surface area contributed by atoms with E-state index < -0.39 is 0 Å². The lowest BCUT2D eigenvalue weighted by Crippen LogP contribution is -2.32. The largest absolute Gasteiger partial charge is 0.497 e. The van der Waals surface area contributed by atoms with Crippen LogP contribution in [0, 0.1) is 0 Å². The van der Waals surface area contributed by atoms with Crippen molar-refractivity contribution in [2.45, 2.75) is 0 Å². The van der Waals surface area contributed by atoms with Gasteiger partial charge in [-0.25, -0.2) is 4.99 Å². The second kappa shape index (κ2) is 8.43. The molecule has 1 aliphatic heterocycles. The third-order valence-electron chi connectivity index (χ3n) is 4.72. The number of rotatable bonds is 5. The number of carbonyl (C=O) groups is 1. The van der Waals surface area contributed by atoms with E-state index in [1.165, 1.54) is 0 Å². The van der Waals surface area contributed by atoms with Crippen molar-refractivity contribution in [3.05, 3.63) is 94.6 Å². The molecule has 0 saturated heterocycles. The normalized spacial score (nSPS) is 14.8. The van der Waals surface area contributed by atoms with Crippen molar-refractivity contribution in [2.75, 3.05) is 19.1 Å². The summed E-state index contributed by atoms with van der Waals surface area (Å²) >= 11 is 6.04. The van der Waals surface area contributed by atoms with E-state index in [0.717, 1.165) is 16.9 Å². The summed E-state index contributed by atoms with van der Waals surface area (Å²) in [6.07, 6.45) is 1.74. The number of carbonyl (C=O) groups excluding carboxylic acids is 1. The van der Waals surface area contributed by atoms with Crippen molar-refractivity contribution in [1.29, 1.82) is 0 Å². The van der Waals surface area contributed by atoms with Gasteiger partial charge < -0.3 is 9.47 Å². The molecule has 4 rings (SSSR count). The minimum atomic E-state index is -0.228. The minimum absolute atomic E-state index is 0.228. The third kappa shape index (κ3) is 3.80. The van der Waals surface area contributed by atoms with Crippen LogP contribution in [0.3, 0.4) is 0 Å². The molecule has 0 unspecified atom stereocenters. The Balaban J connectivity index is 1.82. The number of amidine groups is 1. The summed E-state index contributed by atoms with van der Waals surface area (Å²) in [5, 5.41) is 0.595. The predicted molar refractivity (Wildman–Crippen MR) is 119 cm³/mol. The van der Waals surface area contributed by atoms with Gasteiger partial charge in [0.1, 0.15) is 23.0 Å². The van der Waals surface area contributed by atoms with Gasteiger partial charge in [0.2, 0.25) is 0 Å². The zero-order chi connectivity index (χ0) is 21.1. The Labute approximate surface area is 179 Å². The fourth-order valence-electron chi connectivity index (χ4n) is 3.21. The second-order valence-corrected chi connectivity index (χ2v) is 6.99. The topological polar surface area (TPSA) is 51.1 Å². The number of hydrogen-bond acceptors (Lipinski definition) is 4. The standard InChI is InChI=1S/C24H19ClN2O3/c1-29-20-13-7-16(8-14-20)23-26-21(15-17-5-3-4-6-22(17)30-2)24(28)27(23)19-11-9-18(25)10-12-19/h3-15H,1-2H3/b21-15+. The SMILES string of the molecule is COc1ccc(C2=N/C(=C/c3ccccc3OC)C(=O)N2c2ccc(Cl)cc2)cc1. The lowest BCUT2D eigenvalue weighted by molar-refractivity contribution is -0.113. The van der Waals surface area contributed by atoms with E-state index in [1.54, 1.807) is 49.5 Å². The van der Waals surface area contributed by atoms with E-state index in [0.29, 0.717) is 28.0 Å². The zero-order valence-electron chi connectivity index (χ0n) is 16.5. The van der Waals surface area contributed by atoms with Gasteiger partial charge in [-0.1, -0.05) is 29.8 Å². The van der Waals surface area contributed by atoms with Crippen LogP contribution in [-0.2, 0) is 4.79 Å². The van der Waals surface area contributed by atoms with E-state index in [1.807, 2.05) is 48.5 Å². The number of ether oxygens (including phenoxy) is 2. The van der Waals surface area contributed by atoms with Gasteiger partial charge in [0, 0.05) is 16.1 Å². The molecule has 1 heterocycles. The molecule has 0 spiro atoms. The molecule has 6 heteroatoms. The summed E-state index contributed by atoms with van der Waals surface area (Å²) in [4.78, 5) is 19.6. The molecule has 0 fully saturated rings. The molecule has 0 saturated carbocycles. The second-order valence-electron chi connectivity index (χ2n) is 6.55. The number of methoxy groups -OCH3 is 2. The first kappa shape index (κ1) is 19.7. The van der Waals surface area contributed by atoms with Crippen molar-refractivity contribution in [3.63, 3.8) is 0 Å². The summed E-state index contributed by atoms with van der Waals surface area (Å²) in [6.45, 7) is 0. The Bertz CT molecular complexity index is 1140. The maximum atomic E-state index is 13.3. The molecule has 0 aliphatic carbocycles. The van der Waals surface area contributed by atoms with Crippen molar-refractivity contribution in [3.8, 4) is 11.5 Å². The fraction of sp³-hybridized carbons (Fsp3) is 0.0833. The number of amides is 1. The molecule has 0 atom stereocenters. The van der Waals surface area contributed by atoms with Crippen LogP contribution in [0.4, 0.5) is 5.69 Å². The van der Waals surface area contributed by atoms with Crippen LogP contribution in [0.1, 0.15) is 11.1 Å². The van der Waals surface area contributed by atoms with Crippen molar-refractivity contribution >= 4 is 35.1 Å². The van der Waals surface area contributed by atoms with Crippen molar-refractivity contribution < 1.29 is 14.3 Å². The molecule has 0 bridgehead atoms. The first-order valence-corrected chi connectivity index (χ1v) is 9.66. The van der Waals surface area contributed by atoms with Crippen LogP contribution < -0.4 is 14.4 Å². The molecule has 3 aromatic carbocycles. The number of para-hydroxylation sites is 1. The number of nitrogens with zero attached hydrogens (tertiary/aromatic N) is 2. The number of anilines is 1. The zero-order valence-corrected chi connectivity index (χ0v) is 17.3. The lowest BCUT2D eigenvalue weighted by Gasteiger charge is -2.18. The van der Waals surface area contributed by atoms with E-state index in [-0.39, 0.29) is 5.91 Å². The molecular formula is C24H19ClN2O3. The van der Waals surface area contributed by atoms with E-state index in [9.17, 15) is 4.79 Å². The van der Waals surface area contributed by atoms with Gasteiger partial charge in [-0.2, -0.15) is 0 Å². The maximum absolute atomic E-state index is 13.3. The maximum Gasteiger partial charge on any atom is 0.282 e. The Hall–Kier alpha value is -3.57. The summed E-state index contributed by atoms with van der Waals surface area (Å²) in [7, 11) is 3.21. The fourth-order valence-corrected chi connectivity index (χ4v) is 3.34. The predicted octanol–water partition coefficient (Wildman–Crippen LogP) is 5.19. The first-order chi connectivity index (χ1) is 14.6. The molecule has 30 heavy (non-hydrogen) atoms. The molecule has 0 N–H and O–H groups in total. The van der Waals surface area contributed by atoms with E-state index in [2.05, 4.69) is 4.99 Å². The van der Waals surface area contributed by atoms with Crippen LogP contribution in [-0.4, -0.2) is 26.0 Å². The van der Waals surface area contributed by atoms with Crippen molar-refractivity contribution in [1.82, 2.24) is 0 Å². The van der Waals surface area contributed by atoms with E-state index >= 15 is 0 Å². The van der Waals surface area contributed by atoms with E-state index in [4.69, 9.17) is 21.1 Å². The van der Waals surface area contributed by atoms with Crippen LogP contribution in [0.5, 0.6) is 11.5 Å². The highest BCUT2D eigenvalue weighted by atomic mass is 35.5. The Morgan fingerprint density at radius 3 is 2.27 bits per heavy atom. The molecule has 0 radical (unpaired) electrons. The molecular weight excluding hydrogens is 400 g/mol. The molecule has 3 aromatic rings. The Morgan fingerprint density at radius 1 is 0.900 bits per heavy atom. The van der Waals surface area contributed by atoms with Crippen LogP contribution >= 0.6 is 11.6 Å². The van der Waals surface area contributed by atoms with Gasteiger partial charge in [-0.3, -0.25) is 9.69 Å². The number of halogens is 1. The molecule has 0 aromatic heterocycles. The Morgan fingerprint density at radius 2 is 1.60 bits per heavy atom. The minimum Gasteiger partial charge on any atom is -0.497 e. The van der Waals surface area contributed by atoms with Gasteiger partial charge in [-0.15, -0.1) is 0 Å². The summed E-state index contributed by atoms with van der Waals surface area (Å²) < 4.78 is 10.6. The van der Waals surface area contributed by atoms with Crippen molar-refractivity contribution in [2.24, 2.45) is 4.99 Å². The molecule has 150 valence electrons. The molecule has 1 amide bonds. The van der Waals surface area contributed by atoms with Gasteiger partial charge in [-0.05, 0) is 60.7 Å². The summed E-state index contributed by atoms with van der Waals surface area (Å²) in [6, 6.07) is 22.0. The Kier molecular flexibility index (Phi) is 5.55. The molecule has 1 aliphatic rings. The summed E-state index contributed by atoms with van der Waals surface area (Å²) in [5.41, 5.74) is 2.57. The highest BCUT2D eigenvalue weighted by molar-refractivity contribution is 6.34. The number of aliphatic imine (C=N–C) groups is 1. The van der Waals surface area contributed by atoms with Gasteiger partial charge in [0.05, 0.1) is 19.9 Å². The average Bonchev–Trinajstić information content (AvgIpc) is 3.11. The number of benzene rings is 3. The van der Waals surface area contributed by atoms with Crippen LogP contribution in [0.2, 0.25) is 5.02 Å². The molecule has 5 nitrogen and oxygen atoms in total. The first-order valence-electron chi connectivity index (χ1n) is 9.28. The highest BCUT2D eigenvalue weighted by Crippen LogP contribution is 2.30. The van der Waals surface area contributed by atoms with Crippen LogP contribution in [0.25, 0.3) is 6.08 Å². The van der Waals surface area contributed by atoms with Crippen LogP contribution in [0.15, 0.2) is 83.5 Å². The van der Waals surface area contributed by atoms with Gasteiger partial charge in [0.15, 0.2) is 0 Å². The monoisotopic (exact) mass is 418 g/mol. The smallest absolute Gasteiger partial charge is 0.282 e. The third-order valence-corrected chi connectivity index (χ3v) is 4.98. The lowest BCUT2D eigenvalue weighted by atomic mass is 10.1. The average molecular weight is 419 g/mol.